The lowest BCUT2D eigenvalue weighted by molar-refractivity contribution is 0.0487. The lowest BCUT2D eigenvalue weighted by atomic mass is 9.90. The van der Waals surface area contributed by atoms with Gasteiger partial charge >= 0.3 is 12.1 Å². The number of aromatic nitrogens is 3. The van der Waals surface area contributed by atoms with Crippen molar-refractivity contribution in [3.05, 3.63) is 42.4 Å². The zero-order valence-electron chi connectivity index (χ0n) is 21.4. The molecular weight excluding hydrogens is 460 g/mol. The molecule has 0 unspecified atom stereocenters. The third-order valence-corrected chi connectivity index (χ3v) is 6.13. The third kappa shape index (κ3) is 5.87. The number of methoxy groups -OCH3 is 1. The first kappa shape index (κ1) is 25.3. The first-order chi connectivity index (χ1) is 17.1. The topological polar surface area (TPSA) is 119 Å². The van der Waals surface area contributed by atoms with Gasteiger partial charge in [-0.25, -0.2) is 19.6 Å². The largest absolute Gasteiger partial charge is 0.464 e. The van der Waals surface area contributed by atoms with Gasteiger partial charge in [-0.1, -0.05) is 18.9 Å². The molecule has 2 aromatic heterocycles. The Labute approximate surface area is 210 Å². The summed E-state index contributed by atoms with van der Waals surface area (Å²) in [5.74, 6) is 0.197. The average Bonchev–Trinajstić information content (AvgIpc) is 3.20. The van der Waals surface area contributed by atoms with Crippen molar-refractivity contribution in [3.8, 4) is 0 Å². The summed E-state index contributed by atoms with van der Waals surface area (Å²) in [5.41, 5.74) is 1.36. The number of hydrogen-bond donors (Lipinski definition) is 3. The number of alkyl carbamates (subject to hydrolysis) is 1. The highest BCUT2D eigenvalue weighted by Gasteiger charge is 2.29. The molecule has 4 rings (SSSR count). The number of hydrogen-bond acceptors (Lipinski definition) is 8. The summed E-state index contributed by atoms with van der Waals surface area (Å²) in [6.45, 7) is 5.52. The second kappa shape index (κ2) is 10.4. The van der Waals surface area contributed by atoms with E-state index in [1.807, 2.05) is 62.8 Å². The zero-order chi connectivity index (χ0) is 25.9. The highest BCUT2D eigenvalue weighted by molar-refractivity contribution is 5.97. The van der Waals surface area contributed by atoms with Crippen LogP contribution in [-0.4, -0.2) is 51.4 Å². The number of carbonyl (C=O) groups excluding carboxylic acids is 2. The summed E-state index contributed by atoms with van der Waals surface area (Å²) in [4.78, 5) is 33.9. The van der Waals surface area contributed by atoms with Gasteiger partial charge in [0.05, 0.1) is 19.3 Å². The molecule has 1 aliphatic carbocycles. The van der Waals surface area contributed by atoms with E-state index in [1.165, 1.54) is 13.3 Å². The molecule has 0 aliphatic heterocycles. The summed E-state index contributed by atoms with van der Waals surface area (Å²) in [5, 5.41) is 10.7. The number of nitrogens with one attached hydrogen (secondary N) is 3. The van der Waals surface area contributed by atoms with Crippen molar-refractivity contribution in [1.29, 1.82) is 0 Å². The summed E-state index contributed by atoms with van der Waals surface area (Å²) in [6.07, 6.45) is 6.77. The minimum atomic E-state index is -0.584. The Kier molecular flexibility index (Phi) is 7.32. The van der Waals surface area contributed by atoms with E-state index in [-0.39, 0.29) is 23.6 Å². The lowest BCUT2D eigenvalue weighted by Crippen LogP contribution is -2.49. The number of ether oxygens (including phenoxy) is 2. The molecule has 1 amide bonds. The van der Waals surface area contributed by atoms with Gasteiger partial charge in [0.2, 0.25) is 0 Å². The first-order valence-corrected chi connectivity index (χ1v) is 12.2. The Morgan fingerprint density at radius 2 is 1.86 bits per heavy atom. The quantitative estimate of drug-likeness (QED) is 0.420. The molecule has 0 saturated heterocycles. The van der Waals surface area contributed by atoms with Crippen molar-refractivity contribution >= 4 is 40.3 Å². The Morgan fingerprint density at radius 3 is 2.58 bits per heavy atom. The van der Waals surface area contributed by atoms with E-state index >= 15 is 0 Å². The molecule has 36 heavy (non-hydrogen) atoms. The Morgan fingerprint density at radius 1 is 1.11 bits per heavy atom. The minimum absolute atomic E-state index is 0.0602. The number of anilines is 3. The fraction of sp³-hybridized carbons (Fsp3) is 0.462. The van der Waals surface area contributed by atoms with E-state index in [0.717, 1.165) is 42.3 Å². The van der Waals surface area contributed by atoms with Crippen LogP contribution in [0.3, 0.4) is 0 Å². The van der Waals surface area contributed by atoms with Gasteiger partial charge in [0.25, 0.3) is 0 Å². The number of benzene rings is 1. The van der Waals surface area contributed by atoms with Crippen LogP contribution >= 0.6 is 0 Å². The van der Waals surface area contributed by atoms with Gasteiger partial charge in [0, 0.05) is 35.9 Å². The molecule has 1 aliphatic rings. The summed E-state index contributed by atoms with van der Waals surface area (Å²) >= 11 is 0. The summed E-state index contributed by atoms with van der Waals surface area (Å²) in [7, 11) is 3.29. The van der Waals surface area contributed by atoms with E-state index in [0.29, 0.717) is 5.82 Å². The van der Waals surface area contributed by atoms with Gasteiger partial charge in [0.1, 0.15) is 11.4 Å². The standard InChI is InChI=1S/C26H34N6O4/c1-26(2,3)36-25(34)30-19-10-7-6-9-18(19)28-21-15-27-22(24(33)35-5)23(31-21)29-17-11-8-12-20-16(17)13-14-32(20)4/h8,11-15,18-19H,6-7,9-10H2,1-5H3,(H,30,34)(H2,28,29,31)/t18-,19+/m1/s1. The SMILES string of the molecule is COC(=O)c1ncc(N[C@@H]2CCCC[C@@H]2NC(=O)OC(C)(C)C)nc1Nc1cccc2c1ccn2C. The molecule has 3 aromatic rings. The van der Waals surface area contributed by atoms with Crippen LogP contribution in [0.25, 0.3) is 10.9 Å². The minimum Gasteiger partial charge on any atom is -0.464 e. The fourth-order valence-corrected chi connectivity index (χ4v) is 4.46. The maximum atomic E-state index is 12.4. The van der Waals surface area contributed by atoms with Crippen LogP contribution in [0, 0.1) is 0 Å². The number of amides is 1. The second-order valence-electron chi connectivity index (χ2n) is 10.0. The van der Waals surface area contributed by atoms with Crippen molar-refractivity contribution in [2.75, 3.05) is 17.7 Å². The average molecular weight is 495 g/mol. The number of fused-ring (bicyclic) bond motifs is 1. The van der Waals surface area contributed by atoms with Crippen LogP contribution in [-0.2, 0) is 16.5 Å². The smallest absolute Gasteiger partial charge is 0.407 e. The van der Waals surface area contributed by atoms with Crippen LogP contribution in [0.1, 0.15) is 56.9 Å². The third-order valence-electron chi connectivity index (χ3n) is 6.13. The molecule has 10 heteroatoms. The molecule has 1 aromatic carbocycles. The molecule has 2 heterocycles. The molecule has 0 bridgehead atoms. The first-order valence-electron chi connectivity index (χ1n) is 12.2. The predicted molar refractivity (Wildman–Crippen MR) is 139 cm³/mol. The summed E-state index contributed by atoms with van der Waals surface area (Å²) in [6, 6.07) is 7.70. The molecule has 2 atom stereocenters. The summed E-state index contributed by atoms with van der Waals surface area (Å²) < 4.78 is 12.4. The number of esters is 1. The fourth-order valence-electron chi connectivity index (χ4n) is 4.46. The molecule has 1 saturated carbocycles. The highest BCUT2D eigenvalue weighted by Crippen LogP contribution is 2.29. The van der Waals surface area contributed by atoms with E-state index in [4.69, 9.17) is 9.47 Å². The molecule has 3 N–H and O–H groups in total. The van der Waals surface area contributed by atoms with Gasteiger partial charge in [0.15, 0.2) is 11.5 Å². The second-order valence-corrected chi connectivity index (χ2v) is 10.0. The highest BCUT2D eigenvalue weighted by atomic mass is 16.6. The van der Waals surface area contributed by atoms with E-state index < -0.39 is 17.7 Å². The Balaban J connectivity index is 1.58. The van der Waals surface area contributed by atoms with Gasteiger partial charge in [-0.2, -0.15) is 0 Å². The number of rotatable bonds is 6. The van der Waals surface area contributed by atoms with Gasteiger partial charge < -0.3 is 30.0 Å². The monoisotopic (exact) mass is 494 g/mol. The number of nitrogens with zero attached hydrogens (tertiary/aromatic N) is 3. The predicted octanol–water partition coefficient (Wildman–Crippen LogP) is 4.75. The van der Waals surface area contributed by atoms with Crippen molar-refractivity contribution < 1.29 is 19.1 Å². The van der Waals surface area contributed by atoms with Crippen LogP contribution in [0.15, 0.2) is 36.7 Å². The van der Waals surface area contributed by atoms with Crippen molar-refractivity contribution in [1.82, 2.24) is 19.9 Å². The maximum absolute atomic E-state index is 12.4. The van der Waals surface area contributed by atoms with E-state index in [1.54, 1.807) is 0 Å². The van der Waals surface area contributed by atoms with Crippen molar-refractivity contribution in [2.24, 2.45) is 7.05 Å². The van der Waals surface area contributed by atoms with Crippen LogP contribution in [0.2, 0.25) is 0 Å². The molecule has 192 valence electrons. The lowest BCUT2D eigenvalue weighted by Gasteiger charge is -2.33. The molecule has 1 fully saturated rings. The van der Waals surface area contributed by atoms with Crippen molar-refractivity contribution in [3.63, 3.8) is 0 Å². The van der Waals surface area contributed by atoms with Crippen LogP contribution < -0.4 is 16.0 Å². The zero-order valence-corrected chi connectivity index (χ0v) is 21.4. The Hall–Kier alpha value is -3.82. The normalized spacial score (nSPS) is 17.9. The van der Waals surface area contributed by atoms with Gasteiger partial charge in [-0.3, -0.25) is 0 Å². The van der Waals surface area contributed by atoms with Gasteiger partial charge in [-0.05, 0) is 51.8 Å². The molecule has 0 spiro atoms. The number of aryl methyl sites for hydroxylation is 1. The van der Waals surface area contributed by atoms with Crippen LogP contribution in [0.5, 0.6) is 0 Å². The van der Waals surface area contributed by atoms with Gasteiger partial charge in [-0.15, -0.1) is 0 Å². The number of carbonyl (C=O) groups is 2. The molecule has 0 radical (unpaired) electrons. The molecular formula is C26H34N6O4. The molecule has 10 nitrogen and oxygen atoms in total. The maximum Gasteiger partial charge on any atom is 0.407 e. The Bertz CT molecular complexity index is 1250. The van der Waals surface area contributed by atoms with Crippen LogP contribution in [0.4, 0.5) is 22.1 Å². The van der Waals surface area contributed by atoms with E-state index in [9.17, 15) is 9.59 Å². The van der Waals surface area contributed by atoms with Crippen molar-refractivity contribution in [2.45, 2.75) is 64.1 Å². The van der Waals surface area contributed by atoms with E-state index in [2.05, 4.69) is 25.9 Å².